The molecule has 1 atom stereocenters. The molecule has 1 unspecified atom stereocenters. The summed E-state index contributed by atoms with van der Waals surface area (Å²) in [5.74, 6) is 0. The van der Waals surface area contributed by atoms with E-state index in [-0.39, 0.29) is 5.56 Å². The number of halogens is 4. The van der Waals surface area contributed by atoms with Gasteiger partial charge in [-0.1, -0.05) is 22.0 Å². The van der Waals surface area contributed by atoms with E-state index in [1.807, 2.05) is 0 Å². The summed E-state index contributed by atoms with van der Waals surface area (Å²) >= 11 is 4.41. The minimum atomic E-state index is -4.50. The fraction of sp³-hybridized carbons (Fsp3) is 0.231. The number of thiophene rings is 1. The number of benzene rings is 1. The van der Waals surface area contributed by atoms with Gasteiger partial charge in [0.05, 0.1) is 5.56 Å². The number of hydrogen-bond acceptors (Lipinski definition) is 2. The van der Waals surface area contributed by atoms with E-state index in [0.717, 1.165) is 10.9 Å². The first-order chi connectivity index (χ1) is 8.80. The van der Waals surface area contributed by atoms with Gasteiger partial charge in [-0.05, 0) is 41.6 Å². The molecule has 0 aliphatic heterocycles. The molecule has 0 spiro atoms. The SMILES string of the molecule is Cc1sccc1C(O)c1ccc(Br)cc1C(F)(F)F. The van der Waals surface area contributed by atoms with Crippen molar-refractivity contribution in [3.05, 3.63) is 55.7 Å². The molecule has 19 heavy (non-hydrogen) atoms. The van der Waals surface area contributed by atoms with E-state index in [1.165, 1.54) is 23.5 Å². The molecule has 0 saturated heterocycles. The highest BCUT2D eigenvalue weighted by molar-refractivity contribution is 9.10. The predicted molar refractivity (Wildman–Crippen MR) is 72.3 cm³/mol. The van der Waals surface area contributed by atoms with Crippen LogP contribution >= 0.6 is 27.3 Å². The Morgan fingerprint density at radius 1 is 1.21 bits per heavy atom. The summed E-state index contributed by atoms with van der Waals surface area (Å²) in [6.45, 7) is 1.77. The third kappa shape index (κ3) is 3.01. The van der Waals surface area contributed by atoms with Crippen LogP contribution in [-0.2, 0) is 6.18 Å². The van der Waals surface area contributed by atoms with Crippen molar-refractivity contribution in [2.75, 3.05) is 0 Å². The smallest absolute Gasteiger partial charge is 0.384 e. The summed E-state index contributed by atoms with van der Waals surface area (Å²) in [4.78, 5) is 0.809. The standard InChI is InChI=1S/C13H10BrF3OS/c1-7-9(4-5-19-7)12(18)10-3-2-8(14)6-11(10)13(15,16)17/h2-6,12,18H,1H3. The lowest BCUT2D eigenvalue weighted by molar-refractivity contribution is -0.139. The number of hydrogen-bond donors (Lipinski definition) is 1. The predicted octanol–water partition coefficient (Wildman–Crippen LogP) is 4.92. The maximum Gasteiger partial charge on any atom is 0.416 e. The van der Waals surface area contributed by atoms with Gasteiger partial charge < -0.3 is 5.11 Å². The van der Waals surface area contributed by atoms with E-state index in [2.05, 4.69) is 15.9 Å². The molecular weight excluding hydrogens is 341 g/mol. The number of aryl methyl sites for hydroxylation is 1. The Bertz CT molecular complexity index is 592. The zero-order chi connectivity index (χ0) is 14.2. The summed E-state index contributed by atoms with van der Waals surface area (Å²) in [5.41, 5.74) is -0.435. The van der Waals surface area contributed by atoms with Gasteiger partial charge in [0.1, 0.15) is 6.10 Å². The van der Waals surface area contributed by atoms with Gasteiger partial charge in [-0.2, -0.15) is 13.2 Å². The van der Waals surface area contributed by atoms with Gasteiger partial charge >= 0.3 is 6.18 Å². The summed E-state index contributed by atoms with van der Waals surface area (Å²) < 4.78 is 39.3. The summed E-state index contributed by atoms with van der Waals surface area (Å²) in [6.07, 6.45) is -5.76. The Hall–Kier alpha value is -0.850. The molecule has 0 aliphatic rings. The first-order valence-electron chi connectivity index (χ1n) is 5.39. The van der Waals surface area contributed by atoms with Gasteiger partial charge in [0.15, 0.2) is 0 Å². The Morgan fingerprint density at radius 2 is 1.89 bits per heavy atom. The fourth-order valence-electron chi connectivity index (χ4n) is 1.86. The van der Waals surface area contributed by atoms with Gasteiger partial charge in [-0.15, -0.1) is 11.3 Å². The largest absolute Gasteiger partial charge is 0.416 e. The first kappa shape index (κ1) is 14.6. The van der Waals surface area contributed by atoms with Crippen LogP contribution in [0.15, 0.2) is 34.1 Å². The Balaban J connectivity index is 2.54. The highest BCUT2D eigenvalue weighted by Crippen LogP contribution is 2.39. The van der Waals surface area contributed by atoms with Crippen LogP contribution in [-0.4, -0.2) is 5.11 Å². The quantitative estimate of drug-likeness (QED) is 0.814. The van der Waals surface area contributed by atoms with E-state index in [9.17, 15) is 18.3 Å². The van der Waals surface area contributed by atoms with Crippen molar-refractivity contribution in [2.45, 2.75) is 19.2 Å². The van der Waals surface area contributed by atoms with Gasteiger partial charge in [0.25, 0.3) is 0 Å². The van der Waals surface area contributed by atoms with Crippen LogP contribution in [0.1, 0.15) is 27.7 Å². The van der Waals surface area contributed by atoms with Crippen molar-refractivity contribution >= 4 is 27.3 Å². The van der Waals surface area contributed by atoms with Crippen LogP contribution in [0.5, 0.6) is 0 Å². The van der Waals surface area contributed by atoms with Crippen molar-refractivity contribution < 1.29 is 18.3 Å². The molecule has 6 heteroatoms. The molecule has 0 saturated carbocycles. The van der Waals surface area contributed by atoms with Crippen molar-refractivity contribution in [3.63, 3.8) is 0 Å². The second-order valence-corrected chi connectivity index (χ2v) is 6.10. The molecule has 102 valence electrons. The molecular formula is C13H10BrF3OS. The minimum Gasteiger partial charge on any atom is -0.384 e. The normalized spacial score (nSPS) is 13.6. The maximum absolute atomic E-state index is 13.0. The zero-order valence-corrected chi connectivity index (χ0v) is 12.2. The van der Waals surface area contributed by atoms with Crippen molar-refractivity contribution in [3.8, 4) is 0 Å². The molecule has 0 bridgehead atoms. The fourth-order valence-corrected chi connectivity index (χ4v) is 2.95. The van der Waals surface area contributed by atoms with Gasteiger partial charge in [0, 0.05) is 9.35 Å². The lowest BCUT2D eigenvalue weighted by Crippen LogP contribution is -2.13. The number of aliphatic hydroxyl groups excluding tert-OH is 1. The second kappa shape index (κ2) is 5.26. The lowest BCUT2D eigenvalue weighted by atomic mass is 9.97. The van der Waals surface area contributed by atoms with Crippen LogP contribution in [0, 0.1) is 6.92 Å². The van der Waals surface area contributed by atoms with Gasteiger partial charge in [0.2, 0.25) is 0 Å². The number of aliphatic hydroxyl groups is 1. The van der Waals surface area contributed by atoms with E-state index < -0.39 is 17.8 Å². The van der Waals surface area contributed by atoms with E-state index >= 15 is 0 Å². The Labute approximate surface area is 120 Å². The molecule has 1 nitrogen and oxygen atoms in total. The average Bonchev–Trinajstić information content (AvgIpc) is 2.73. The van der Waals surface area contributed by atoms with Crippen molar-refractivity contribution in [1.29, 1.82) is 0 Å². The highest BCUT2D eigenvalue weighted by atomic mass is 79.9. The van der Waals surface area contributed by atoms with Crippen LogP contribution in [0.2, 0.25) is 0 Å². The lowest BCUT2D eigenvalue weighted by Gasteiger charge is -2.18. The van der Waals surface area contributed by atoms with Crippen LogP contribution in [0.3, 0.4) is 0 Å². The number of alkyl halides is 3. The van der Waals surface area contributed by atoms with Crippen molar-refractivity contribution in [2.24, 2.45) is 0 Å². The maximum atomic E-state index is 13.0. The highest BCUT2D eigenvalue weighted by Gasteiger charge is 2.35. The zero-order valence-electron chi connectivity index (χ0n) is 9.83. The first-order valence-corrected chi connectivity index (χ1v) is 7.06. The summed E-state index contributed by atoms with van der Waals surface area (Å²) in [5, 5.41) is 11.9. The Kier molecular flexibility index (Phi) is 4.03. The van der Waals surface area contributed by atoms with Gasteiger partial charge in [-0.3, -0.25) is 0 Å². The molecule has 0 aliphatic carbocycles. The second-order valence-electron chi connectivity index (χ2n) is 4.06. The Morgan fingerprint density at radius 3 is 2.42 bits per heavy atom. The third-order valence-corrected chi connectivity index (χ3v) is 4.16. The molecule has 2 rings (SSSR count). The average molecular weight is 351 g/mol. The molecule has 0 fully saturated rings. The molecule has 1 aromatic heterocycles. The minimum absolute atomic E-state index is 0.128. The van der Waals surface area contributed by atoms with E-state index in [1.54, 1.807) is 18.4 Å². The van der Waals surface area contributed by atoms with Gasteiger partial charge in [-0.25, -0.2) is 0 Å². The van der Waals surface area contributed by atoms with Crippen LogP contribution in [0.4, 0.5) is 13.2 Å². The summed E-state index contributed by atoms with van der Waals surface area (Å²) in [6, 6.07) is 5.43. The van der Waals surface area contributed by atoms with Crippen LogP contribution in [0.25, 0.3) is 0 Å². The molecule has 0 amide bonds. The molecule has 1 aromatic carbocycles. The topological polar surface area (TPSA) is 20.2 Å². The molecule has 1 heterocycles. The summed E-state index contributed by atoms with van der Waals surface area (Å²) in [7, 11) is 0. The third-order valence-electron chi connectivity index (χ3n) is 2.81. The molecule has 0 radical (unpaired) electrons. The monoisotopic (exact) mass is 350 g/mol. The molecule has 1 N–H and O–H groups in total. The molecule has 2 aromatic rings. The van der Waals surface area contributed by atoms with Crippen LogP contribution < -0.4 is 0 Å². The number of rotatable bonds is 2. The van der Waals surface area contributed by atoms with Crippen molar-refractivity contribution in [1.82, 2.24) is 0 Å². The van der Waals surface area contributed by atoms with E-state index in [0.29, 0.717) is 10.0 Å². The van der Waals surface area contributed by atoms with E-state index in [4.69, 9.17) is 0 Å².